The third-order valence-corrected chi connectivity index (χ3v) is 9.71. The summed E-state index contributed by atoms with van der Waals surface area (Å²) in [6.07, 6.45) is 12.9. The molecule has 1 atom stereocenters. The lowest BCUT2D eigenvalue weighted by Crippen LogP contribution is -2.10. The van der Waals surface area contributed by atoms with Crippen LogP contribution in [0.15, 0.2) is 0 Å². The van der Waals surface area contributed by atoms with Crippen LogP contribution in [0.1, 0.15) is 71.6 Å². The summed E-state index contributed by atoms with van der Waals surface area (Å²) >= 11 is 1.78. The Labute approximate surface area is 156 Å². The molecule has 1 rings (SSSR count). The Bertz CT molecular complexity index is 179. The molecule has 0 bridgehead atoms. The van der Waals surface area contributed by atoms with Crippen molar-refractivity contribution in [2.75, 3.05) is 0 Å². The Kier molecular flexibility index (Phi) is 19.2. The first kappa shape index (κ1) is 22.0. The van der Waals surface area contributed by atoms with Crippen LogP contribution in [-0.2, 0) is 5.68 Å². The van der Waals surface area contributed by atoms with Gasteiger partial charge in [0.2, 0.25) is 0 Å². The van der Waals surface area contributed by atoms with Crippen LogP contribution >= 0.6 is 0 Å². The van der Waals surface area contributed by atoms with Crippen LogP contribution in [0, 0.1) is 5.92 Å². The first-order valence-corrected chi connectivity index (χ1v) is 13.4. The van der Waals surface area contributed by atoms with Crippen molar-refractivity contribution < 1.29 is 5.68 Å². The highest BCUT2D eigenvalue weighted by Crippen LogP contribution is 2.27. The molecule has 0 saturated heterocycles. The molecule has 0 aromatic carbocycles. The van der Waals surface area contributed by atoms with E-state index >= 15 is 0 Å². The molecule has 0 aromatic rings. The molecular weight excluding hydrogens is 308 g/mol. The SMILES string of the molecule is CCCCC(CC)[CH2][AlH][O][AlH2].[AlH2][O][AlH][CH]1CCCCC1. The van der Waals surface area contributed by atoms with Gasteiger partial charge < -0.3 is 5.68 Å². The zero-order valence-electron chi connectivity index (χ0n) is 14.5. The van der Waals surface area contributed by atoms with Gasteiger partial charge in [-0.3, -0.25) is 0 Å². The van der Waals surface area contributed by atoms with E-state index < -0.39 is 0 Å². The van der Waals surface area contributed by atoms with Crippen LogP contribution in [0.4, 0.5) is 0 Å². The zero-order valence-corrected chi connectivity index (χ0v) is 21.3. The predicted octanol–water partition coefficient (Wildman–Crippen LogP) is 2.19. The zero-order chi connectivity index (χ0) is 15.1. The van der Waals surface area contributed by atoms with Crippen LogP contribution in [0.3, 0.4) is 0 Å². The number of unbranched alkanes of at least 4 members (excludes halogenated alkanes) is 1. The van der Waals surface area contributed by atoms with E-state index in [1.54, 1.807) is 0 Å². The molecule has 0 radical (unpaired) electrons. The van der Waals surface area contributed by atoms with Gasteiger partial charge in [-0.1, -0.05) is 87.6 Å². The van der Waals surface area contributed by atoms with Crippen LogP contribution in [0.25, 0.3) is 0 Å². The maximum atomic E-state index is 5.36. The molecule has 114 valence electrons. The minimum Gasteiger partial charge on any atom is -0.644 e. The van der Waals surface area contributed by atoms with E-state index in [4.69, 9.17) is 5.68 Å². The molecule has 20 heavy (non-hydrogen) atoms. The van der Waals surface area contributed by atoms with Crippen molar-refractivity contribution in [3.05, 3.63) is 0 Å². The summed E-state index contributed by atoms with van der Waals surface area (Å²) in [6.45, 7) is 4.58. The van der Waals surface area contributed by atoms with E-state index in [0.29, 0.717) is 0 Å². The first-order valence-electron chi connectivity index (χ1n) is 8.76. The molecule has 2 nitrogen and oxygen atoms in total. The van der Waals surface area contributed by atoms with E-state index in [2.05, 4.69) is 13.8 Å². The van der Waals surface area contributed by atoms with Gasteiger partial charge in [0.25, 0.3) is 0 Å². The Morgan fingerprint density at radius 1 is 1.10 bits per heavy atom. The largest absolute Gasteiger partial charge is 0.644 e. The van der Waals surface area contributed by atoms with Crippen molar-refractivity contribution in [1.82, 2.24) is 0 Å². The van der Waals surface area contributed by atoms with Crippen LogP contribution in [0.2, 0.25) is 10.1 Å². The second kappa shape index (κ2) is 17.4. The number of hydrogen-bond donors (Lipinski definition) is 0. The molecule has 1 saturated carbocycles. The first-order chi connectivity index (χ1) is 9.78. The molecule has 0 amide bonds. The van der Waals surface area contributed by atoms with Crippen LogP contribution in [-0.4, -0.2) is 64.4 Å². The Balaban J connectivity index is 0.000000367. The average molecular weight is 342 g/mol. The van der Waals surface area contributed by atoms with Crippen molar-refractivity contribution in [2.45, 2.75) is 81.7 Å². The minimum absolute atomic E-state index is 0.0623. The molecule has 0 aliphatic heterocycles. The van der Waals surface area contributed by atoms with Crippen molar-refractivity contribution in [2.24, 2.45) is 5.92 Å². The second-order valence-corrected chi connectivity index (χ2v) is 13.2. The lowest BCUT2D eigenvalue weighted by molar-refractivity contribution is 0.476. The molecule has 0 spiro atoms. The van der Waals surface area contributed by atoms with Gasteiger partial charge in [-0.2, -0.15) is 0 Å². The summed E-state index contributed by atoms with van der Waals surface area (Å²) in [5, 5.41) is 1.42. The fourth-order valence-corrected chi connectivity index (χ4v) is 7.69. The van der Waals surface area contributed by atoms with Crippen LogP contribution in [0.5, 0.6) is 0 Å². The van der Waals surface area contributed by atoms with E-state index in [1.165, 1.54) is 63.1 Å². The average Bonchev–Trinajstić information content (AvgIpc) is 2.50. The van der Waals surface area contributed by atoms with Crippen LogP contribution < -0.4 is 0 Å². The van der Waals surface area contributed by atoms with Crippen molar-refractivity contribution >= 4 is 64.4 Å². The summed E-state index contributed by atoms with van der Waals surface area (Å²) < 4.78 is 11.7. The van der Waals surface area contributed by atoms with E-state index in [9.17, 15) is 0 Å². The summed E-state index contributed by atoms with van der Waals surface area (Å²) in [4.78, 5) is 0. The standard InChI is InChI=1S/C8H17.C6H11.4Al.2O.6H/c1-4-6-7-8(3)5-2;1-2-4-6-5-3-1;;;;;;;;;;;;/h8H,3-7H2,1-2H3;1H,2-6H2;;;;;;;;;;;;. The molecule has 0 aromatic heterocycles. The predicted molar refractivity (Wildman–Crippen MR) is 98.5 cm³/mol. The quantitative estimate of drug-likeness (QED) is 0.598. The lowest BCUT2D eigenvalue weighted by Gasteiger charge is -2.19. The van der Waals surface area contributed by atoms with E-state index in [1.807, 2.05) is 0 Å². The Hall–Kier alpha value is 2.05. The van der Waals surface area contributed by atoms with Gasteiger partial charge in [-0.05, 0) is 0 Å². The highest BCUT2D eigenvalue weighted by atomic mass is 27.2. The van der Waals surface area contributed by atoms with Crippen molar-refractivity contribution in [3.63, 3.8) is 0 Å². The fourth-order valence-electron chi connectivity index (χ4n) is 2.92. The Morgan fingerprint density at radius 3 is 2.30 bits per heavy atom. The molecule has 6 heteroatoms. The third-order valence-electron chi connectivity index (χ3n) is 4.40. The normalized spacial score (nSPS) is 16.9. The van der Waals surface area contributed by atoms with Crippen molar-refractivity contribution in [3.8, 4) is 0 Å². The maximum absolute atomic E-state index is 5.36. The van der Waals surface area contributed by atoms with Crippen molar-refractivity contribution in [1.29, 1.82) is 0 Å². The third kappa shape index (κ3) is 13.7. The summed E-state index contributed by atoms with van der Waals surface area (Å²) in [5.74, 6) is 0.982. The number of hydrogen-bond acceptors (Lipinski definition) is 2. The van der Waals surface area contributed by atoms with Gasteiger partial charge in [-0.15, -0.1) is 0 Å². The summed E-state index contributed by atoms with van der Waals surface area (Å²) in [6, 6.07) is 0. The van der Waals surface area contributed by atoms with Gasteiger partial charge in [0.1, 0.15) is 0 Å². The van der Waals surface area contributed by atoms with Gasteiger partial charge in [0, 0.05) is 0 Å². The molecule has 0 heterocycles. The topological polar surface area (TPSA) is 18.5 Å². The molecular formula is C14H34Al4O2. The second-order valence-electron chi connectivity index (χ2n) is 6.16. The number of rotatable bonds is 9. The molecule has 0 N–H and O–H groups in total. The molecule has 1 aliphatic rings. The van der Waals surface area contributed by atoms with E-state index in [0.717, 1.165) is 43.9 Å². The van der Waals surface area contributed by atoms with Gasteiger partial charge in [0.15, 0.2) is 0 Å². The minimum atomic E-state index is -0.103. The highest BCUT2D eigenvalue weighted by Gasteiger charge is 2.14. The molecule has 1 aliphatic carbocycles. The monoisotopic (exact) mass is 342 g/mol. The molecule has 1 unspecified atom stereocenters. The highest BCUT2D eigenvalue weighted by molar-refractivity contribution is 6.36. The Morgan fingerprint density at radius 2 is 1.80 bits per heavy atom. The summed E-state index contributed by atoms with van der Waals surface area (Å²) in [5.41, 5.74) is 0. The molecule has 1 fully saturated rings. The maximum Gasteiger partial charge on any atom is 0.408 e. The smallest absolute Gasteiger partial charge is 0.408 e. The van der Waals surface area contributed by atoms with E-state index in [-0.39, 0.29) is 31.1 Å². The fraction of sp³-hybridized carbons (Fsp3) is 1.00. The van der Waals surface area contributed by atoms with Gasteiger partial charge in [0.05, 0.1) is 0 Å². The lowest BCUT2D eigenvalue weighted by atomic mass is 10.0. The van der Waals surface area contributed by atoms with Gasteiger partial charge >= 0.3 is 64.4 Å². The summed E-state index contributed by atoms with van der Waals surface area (Å²) in [7, 11) is 0. The van der Waals surface area contributed by atoms with Gasteiger partial charge in [-0.25, -0.2) is 0 Å².